The van der Waals surface area contributed by atoms with Gasteiger partial charge in [0.2, 0.25) is 0 Å². The van der Waals surface area contributed by atoms with Gasteiger partial charge in [0.1, 0.15) is 5.67 Å². The van der Waals surface area contributed by atoms with Crippen LogP contribution in [-0.2, 0) is 15.5 Å². The minimum atomic E-state index is -3.40. The fraction of sp³-hybridized carbons (Fsp3) is 0.615. The molecule has 0 aliphatic carbocycles. The van der Waals surface area contributed by atoms with Gasteiger partial charge in [-0.15, -0.1) is 0 Å². The Kier molecular flexibility index (Phi) is 3.54. The van der Waals surface area contributed by atoms with Gasteiger partial charge in [-0.1, -0.05) is 18.5 Å². The zero-order chi connectivity index (χ0) is 15.3. The molecule has 1 aromatic rings. The van der Waals surface area contributed by atoms with Crippen molar-refractivity contribution in [3.05, 3.63) is 33.2 Å². The highest BCUT2D eigenvalue weighted by molar-refractivity contribution is 7.92. The van der Waals surface area contributed by atoms with Crippen molar-refractivity contribution in [3.8, 4) is 0 Å². The summed E-state index contributed by atoms with van der Waals surface area (Å²) < 4.78 is 38.4. The summed E-state index contributed by atoms with van der Waals surface area (Å²) in [6.45, 7) is 4.48. The molecule has 0 saturated carbocycles. The fourth-order valence-electron chi connectivity index (χ4n) is 2.72. The first kappa shape index (κ1) is 15.5. The van der Waals surface area contributed by atoms with E-state index in [2.05, 4.69) is 4.98 Å². The fourth-order valence-corrected chi connectivity index (χ4v) is 4.68. The first-order valence-electron chi connectivity index (χ1n) is 6.29. The zero-order valence-electron chi connectivity index (χ0n) is 11.5. The van der Waals surface area contributed by atoms with Crippen LogP contribution in [0.3, 0.4) is 0 Å². The lowest BCUT2D eigenvalue weighted by Gasteiger charge is -2.43. The van der Waals surface area contributed by atoms with Crippen molar-refractivity contribution in [2.45, 2.75) is 37.6 Å². The predicted octanol–water partition coefficient (Wildman–Crippen LogP) is 2.43. The van der Waals surface area contributed by atoms with E-state index >= 15 is 4.39 Å². The van der Waals surface area contributed by atoms with Gasteiger partial charge in [-0.05, 0) is 19.9 Å². The molecule has 0 unspecified atom stereocenters. The Morgan fingerprint density at radius 3 is 2.65 bits per heavy atom. The summed E-state index contributed by atoms with van der Waals surface area (Å²) in [5, 5.41) is 0.218. The molecule has 7 heteroatoms. The molecule has 20 heavy (non-hydrogen) atoms. The molecule has 112 valence electrons. The van der Waals surface area contributed by atoms with Crippen LogP contribution in [0.15, 0.2) is 17.1 Å². The standard InChI is InChI=1S/C13H17ClFNO3S/c1-8-6-20(18,19)12(2,3)7-13(8,15)10-4-9(14)5-16-11(10)17/h4-5,8H,6-7H2,1-3H3,(H,16,17)/t8-,13+/m0/s1. The average molecular weight is 322 g/mol. The molecule has 0 radical (unpaired) electrons. The van der Waals surface area contributed by atoms with Crippen molar-refractivity contribution in [1.29, 1.82) is 0 Å². The molecule has 2 rings (SSSR count). The quantitative estimate of drug-likeness (QED) is 0.863. The number of nitrogens with one attached hydrogen (secondary N) is 1. The van der Waals surface area contributed by atoms with Gasteiger partial charge < -0.3 is 4.98 Å². The summed E-state index contributed by atoms with van der Waals surface area (Å²) in [5.41, 5.74) is -2.67. The summed E-state index contributed by atoms with van der Waals surface area (Å²) in [6.07, 6.45) is 1.03. The van der Waals surface area contributed by atoms with Crippen LogP contribution in [0.4, 0.5) is 4.39 Å². The minimum absolute atomic E-state index is 0.0968. The molecular formula is C13H17ClFNO3S. The molecule has 1 N–H and O–H groups in total. The molecule has 1 aliphatic heterocycles. The second kappa shape index (κ2) is 4.56. The molecule has 1 aromatic heterocycles. The highest BCUT2D eigenvalue weighted by atomic mass is 35.5. The van der Waals surface area contributed by atoms with Crippen LogP contribution in [0.1, 0.15) is 32.8 Å². The Morgan fingerprint density at radius 1 is 1.45 bits per heavy atom. The largest absolute Gasteiger partial charge is 0.327 e. The maximum atomic E-state index is 15.4. The summed E-state index contributed by atoms with van der Waals surface area (Å²) in [7, 11) is -3.40. The first-order valence-corrected chi connectivity index (χ1v) is 8.32. The summed E-state index contributed by atoms with van der Waals surface area (Å²) >= 11 is 5.82. The lowest BCUT2D eigenvalue weighted by atomic mass is 9.78. The van der Waals surface area contributed by atoms with E-state index in [9.17, 15) is 13.2 Å². The van der Waals surface area contributed by atoms with Crippen molar-refractivity contribution in [2.24, 2.45) is 5.92 Å². The van der Waals surface area contributed by atoms with Crippen molar-refractivity contribution in [2.75, 3.05) is 5.75 Å². The lowest BCUT2D eigenvalue weighted by molar-refractivity contribution is 0.0661. The van der Waals surface area contributed by atoms with Gasteiger partial charge in [0.25, 0.3) is 5.56 Å². The van der Waals surface area contributed by atoms with Crippen LogP contribution in [0.5, 0.6) is 0 Å². The van der Waals surface area contributed by atoms with Crippen LogP contribution in [0.2, 0.25) is 5.02 Å². The molecule has 4 nitrogen and oxygen atoms in total. The minimum Gasteiger partial charge on any atom is -0.327 e. The maximum Gasteiger partial charge on any atom is 0.254 e. The molecule has 0 bridgehead atoms. The molecule has 0 aromatic carbocycles. The number of H-pyrrole nitrogens is 1. The van der Waals surface area contributed by atoms with E-state index in [1.165, 1.54) is 33.0 Å². The van der Waals surface area contributed by atoms with E-state index < -0.39 is 31.7 Å². The van der Waals surface area contributed by atoms with Crippen LogP contribution >= 0.6 is 11.6 Å². The summed E-state index contributed by atoms with van der Waals surface area (Å²) in [4.78, 5) is 14.3. The van der Waals surface area contributed by atoms with E-state index in [-0.39, 0.29) is 22.8 Å². The highest BCUT2D eigenvalue weighted by Crippen LogP contribution is 2.47. The highest BCUT2D eigenvalue weighted by Gasteiger charge is 2.55. The van der Waals surface area contributed by atoms with E-state index in [4.69, 9.17) is 11.6 Å². The normalized spacial score (nSPS) is 31.9. The van der Waals surface area contributed by atoms with Crippen LogP contribution < -0.4 is 5.56 Å². The smallest absolute Gasteiger partial charge is 0.254 e. The number of sulfone groups is 1. The number of aromatic amines is 1. The third-order valence-corrected chi connectivity index (χ3v) is 7.08. The Bertz CT molecular complexity index is 698. The number of halogens is 2. The van der Waals surface area contributed by atoms with Gasteiger partial charge in [-0.2, -0.15) is 0 Å². The monoisotopic (exact) mass is 321 g/mol. The first-order chi connectivity index (χ1) is 8.99. The Balaban J connectivity index is 2.60. The van der Waals surface area contributed by atoms with Crippen molar-refractivity contribution < 1.29 is 12.8 Å². The van der Waals surface area contributed by atoms with E-state index in [1.54, 1.807) is 0 Å². The third kappa shape index (κ3) is 2.29. The van der Waals surface area contributed by atoms with E-state index in [1.807, 2.05) is 0 Å². The Hall–Kier alpha value is -0.880. The van der Waals surface area contributed by atoms with Crippen LogP contribution in [-0.4, -0.2) is 23.9 Å². The molecule has 1 saturated heterocycles. The molecule has 1 fully saturated rings. The van der Waals surface area contributed by atoms with Crippen LogP contribution in [0, 0.1) is 5.92 Å². The summed E-state index contributed by atoms with van der Waals surface area (Å²) in [6, 6.07) is 1.28. The van der Waals surface area contributed by atoms with Gasteiger partial charge in [-0.25, -0.2) is 12.8 Å². The number of rotatable bonds is 1. The second-order valence-electron chi connectivity index (χ2n) is 6.04. The number of hydrogen-bond acceptors (Lipinski definition) is 3. The van der Waals surface area contributed by atoms with Gasteiger partial charge in [-0.3, -0.25) is 4.79 Å². The van der Waals surface area contributed by atoms with Crippen molar-refractivity contribution in [3.63, 3.8) is 0 Å². The SMILES string of the molecule is C[C@H]1CS(=O)(=O)C(C)(C)C[C@]1(F)c1cc(Cl)c[nH]c1=O. The molecule has 2 heterocycles. The molecule has 0 spiro atoms. The van der Waals surface area contributed by atoms with Crippen molar-refractivity contribution >= 4 is 21.4 Å². The van der Waals surface area contributed by atoms with Gasteiger partial charge in [0, 0.05) is 18.5 Å². The Morgan fingerprint density at radius 2 is 2.05 bits per heavy atom. The average Bonchev–Trinajstić information content (AvgIpc) is 2.29. The molecule has 0 amide bonds. The number of alkyl halides is 1. The lowest BCUT2D eigenvalue weighted by Crippen LogP contribution is -2.52. The predicted molar refractivity (Wildman–Crippen MR) is 76.5 cm³/mol. The van der Waals surface area contributed by atoms with Crippen molar-refractivity contribution in [1.82, 2.24) is 4.98 Å². The van der Waals surface area contributed by atoms with E-state index in [0.717, 1.165) is 0 Å². The number of aromatic nitrogens is 1. The molecule has 2 atom stereocenters. The van der Waals surface area contributed by atoms with Gasteiger partial charge in [0.05, 0.1) is 21.1 Å². The van der Waals surface area contributed by atoms with Gasteiger partial charge >= 0.3 is 0 Å². The van der Waals surface area contributed by atoms with Crippen LogP contribution in [0.25, 0.3) is 0 Å². The Labute approximate surface area is 122 Å². The zero-order valence-corrected chi connectivity index (χ0v) is 13.1. The van der Waals surface area contributed by atoms with Gasteiger partial charge in [0.15, 0.2) is 9.84 Å². The molecule has 1 aliphatic rings. The number of pyridine rings is 1. The maximum absolute atomic E-state index is 15.4. The topological polar surface area (TPSA) is 67.0 Å². The molecular weight excluding hydrogens is 305 g/mol. The second-order valence-corrected chi connectivity index (χ2v) is 9.15. The third-order valence-electron chi connectivity index (χ3n) is 4.09. The number of hydrogen-bond donors (Lipinski definition) is 1. The summed E-state index contributed by atoms with van der Waals surface area (Å²) in [5.74, 6) is -1.09. The van der Waals surface area contributed by atoms with E-state index in [0.29, 0.717) is 0 Å².